The summed E-state index contributed by atoms with van der Waals surface area (Å²) in [6, 6.07) is 6.12. The molecule has 164 valence electrons. The van der Waals surface area contributed by atoms with E-state index in [1.54, 1.807) is 29.4 Å². The van der Waals surface area contributed by atoms with Crippen molar-refractivity contribution in [2.24, 2.45) is 0 Å². The van der Waals surface area contributed by atoms with Crippen molar-refractivity contribution in [3.05, 3.63) is 54.4 Å². The van der Waals surface area contributed by atoms with E-state index in [0.29, 0.717) is 13.1 Å². The molecule has 0 radical (unpaired) electrons. The van der Waals surface area contributed by atoms with Crippen LogP contribution < -0.4 is 10.1 Å². The second-order valence-electron chi connectivity index (χ2n) is 8.90. The molecule has 0 saturated carbocycles. The van der Waals surface area contributed by atoms with E-state index in [9.17, 15) is 9.18 Å². The van der Waals surface area contributed by atoms with Crippen molar-refractivity contribution in [3.63, 3.8) is 0 Å². The number of anilines is 1. The zero-order valence-electron chi connectivity index (χ0n) is 18.1. The molecule has 0 unspecified atom stereocenters. The largest absolute Gasteiger partial charge is 0.481 e. The van der Waals surface area contributed by atoms with Crippen LogP contribution in [0.5, 0.6) is 5.75 Å². The number of ether oxygens (including phenoxy) is 1. The number of para-hydroxylation sites is 1. The van der Waals surface area contributed by atoms with Gasteiger partial charge in [0, 0.05) is 36.9 Å². The third-order valence-electron chi connectivity index (χ3n) is 5.37. The Morgan fingerprint density at radius 3 is 2.71 bits per heavy atom. The molecule has 1 amide bonds. The van der Waals surface area contributed by atoms with Crippen molar-refractivity contribution < 1.29 is 13.9 Å². The lowest BCUT2D eigenvalue weighted by Crippen LogP contribution is -2.40. The normalized spacial score (nSPS) is 15.3. The molecule has 2 aromatic heterocycles. The predicted octanol–water partition coefficient (Wildman–Crippen LogP) is 3.86. The molecule has 1 aliphatic rings. The summed E-state index contributed by atoms with van der Waals surface area (Å²) in [5.41, 5.74) is 1.70. The van der Waals surface area contributed by atoms with E-state index in [0.717, 1.165) is 30.0 Å². The highest BCUT2D eigenvalue weighted by molar-refractivity contribution is 5.78. The molecule has 1 saturated heterocycles. The summed E-state index contributed by atoms with van der Waals surface area (Å²) in [5, 5.41) is 3.58. The van der Waals surface area contributed by atoms with Gasteiger partial charge in [0.05, 0.1) is 11.9 Å². The molecule has 7 nitrogen and oxygen atoms in total. The minimum atomic E-state index is -0.464. The molecule has 3 heterocycles. The number of amides is 1. The van der Waals surface area contributed by atoms with Gasteiger partial charge in [0.1, 0.15) is 5.82 Å². The van der Waals surface area contributed by atoms with Gasteiger partial charge in [0.25, 0.3) is 5.91 Å². The number of piperidine rings is 1. The highest BCUT2D eigenvalue weighted by Gasteiger charge is 2.29. The minimum absolute atomic E-state index is 0.0990. The van der Waals surface area contributed by atoms with E-state index in [1.807, 2.05) is 10.6 Å². The van der Waals surface area contributed by atoms with E-state index in [2.05, 4.69) is 31.1 Å². The molecule has 1 fully saturated rings. The van der Waals surface area contributed by atoms with Gasteiger partial charge >= 0.3 is 0 Å². The van der Waals surface area contributed by atoms with Crippen LogP contribution in [0.15, 0.2) is 42.9 Å². The Morgan fingerprint density at radius 1 is 1.26 bits per heavy atom. The molecule has 8 heteroatoms. The number of hydrogen-bond donors (Lipinski definition) is 1. The molecule has 0 bridgehead atoms. The van der Waals surface area contributed by atoms with Crippen LogP contribution >= 0.6 is 0 Å². The molecule has 3 aromatic rings. The maximum absolute atomic E-state index is 13.7. The van der Waals surface area contributed by atoms with Gasteiger partial charge in [-0.15, -0.1) is 0 Å². The van der Waals surface area contributed by atoms with E-state index >= 15 is 0 Å². The van der Waals surface area contributed by atoms with E-state index < -0.39 is 5.82 Å². The van der Waals surface area contributed by atoms with Crippen LogP contribution in [0.2, 0.25) is 0 Å². The van der Waals surface area contributed by atoms with Gasteiger partial charge in [-0.1, -0.05) is 12.1 Å². The van der Waals surface area contributed by atoms with Gasteiger partial charge in [-0.2, -0.15) is 0 Å². The maximum atomic E-state index is 13.7. The monoisotopic (exact) mass is 425 g/mol. The number of likely N-dealkylation sites (tertiary alicyclic amines) is 1. The van der Waals surface area contributed by atoms with Crippen LogP contribution in [0.3, 0.4) is 0 Å². The second-order valence-corrected chi connectivity index (χ2v) is 8.90. The number of halogens is 1. The Bertz CT molecular complexity index is 1070. The van der Waals surface area contributed by atoms with Gasteiger partial charge in [0.15, 0.2) is 23.8 Å². The number of rotatable bonds is 5. The molecule has 1 aromatic carbocycles. The lowest BCUT2D eigenvalue weighted by atomic mass is 9.93. The number of hydrogen-bond acceptors (Lipinski definition) is 5. The number of benzene rings is 1. The fourth-order valence-electron chi connectivity index (χ4n) is 3.88. The van der Waals surface area contributed by atoms with Gasteiger partial charge in [-0.3, -0.25) is 14.2 Å². The van der Waals surface area contributed by atoms with Gasteiger partial charge < -0.3 is 15.0 Å². The lowest BCUT2D eigenvalue weighted by Gasteiger charge is -2.32. The van der Waals surface area contributed by atoms with Crippen LogP contribution in [0.4, 0.5) is 10.2 Å². The summed E-state index contributed by atoms with van der Waals surface area (Å²) >= 11 is 0. The van der Waals surface area contributed by atoms with Crippen molar-refractivity contribution in [2.75, 3.05) is 25.0 Å². The third kappa shape index (κ3) is 4.78. The van der Waals surface area contributed by atoms with Crippen molar-refractivity contribution in [2.45, 2.75) is 45.1 Å². The Labute approximate surface area is 181 Å². The predicted molar refractivity (Wildman–Crippen MR) is 117 cm³/mol. The molecule has 0 aliphatic carbocycles. The zero-order chi connectivity index (χ0) is 22.0. The third-order valence-corrected chi connectivity index (χ3v) is 5.37. The Hall–Kier alpha value is -3.16. The first-order chi connectivity index (χ1) is 14.8. The molecule has 0 atom stereocenters. The number of aromatic nitrogens is 3. The second kappa shape index (κ2) is 8.53. The summed E-state index contributed by atoms with van der Waals surface area (Å²) in [5.74, 6) is 0.726. The topological polar surface area (TPSA) is 71.8 Å². The Morgan fingerprint density at radius 2 is 2.00 bits per heavy atom. The number of nitrogens with zero attached hydrogens (tertiary/aromatic N) is 4. The van der Waals surface area contributed by atoms with Crippen molar-refractivity contribution in [1.82, 2.24) is 19.3 Å². The lowest BCUT2D eigenvalue weighted by molar-refractivity contribution is -0.134. The summed E-state index contributed by atoms with van der Waals surface area (Å²) in [4.78, 5) is 23.4. The van der Waals surface area contributed by atoms with Crippen LogP contribution in [0, 0.1) is 5.82 Å². The van der Waals surface area contributed by atoms with Crippen LogP contribution in [-0.4, -0.2) is 50.4 Å². The van der Waals surface area contributed by atoms with E-state index in [4.69, 9.17) is 9.72 Å². The smallest absolute Gasteiger partial charge is 0.260 e. The first-order valence-electron chi connectivity index (χ1n) is 10.6. The number of nitrogens with one attached hydrogen (secondary N) is 1. The van der Waals surface area contributed by atoms with Crippen LogP contribution in [-0.2, 0) is 4.79 Å². The summed E-state index contributed by atoms with van der Waals surface area (Å²) in [7, 11) is 0. The number of carbonyl (C=O) groups excluding carboxylic acids is 1. The van der Waals surface area contributed by atoms with Crippen molar-refractivity contribution in [1.29, 1.82) is 0 Å². The zero-order valence-corrected chi connectivity index (χ0v) is 18.1. The van der Waals surface area contributed by atoms with Crippen LogP contribution in [0.25, 0.3) is 5.65 Å². The number of imidazole rings is 1. The summed E-state index contributed by atoms with van der Waals surface area (Å²) in [6.45, 7) is 7.43. The fraction of sp³-hybridized carbons (Fsp3) is 0.435. The molecular weight excluding hydrogens is 397 g/mol. The Balaban J connectivity index is 1.43. The van der Waals surface area contributed by atoms with Gasteiger partial charge in [-0.25, -0.2) is 9.37 Å². The molecule has 31 heavy (non-hydrogen) atoms. The van der Waals surface area contributed by atoms with Gasteiger partial charge in [-0.05, 0) is 45.7 Å². The SMILES string of the molecule is CC(C)(C)Nc1c(C2CCN(C(=O)COc3ccccc3F)CC2)nc2cnccn12. The first-order valence-corrected chi connectivity index (χ1v) is 10.6. The summed E-state index contributed by atoms with van der Waals surface area (Å²) < 4.78 is 21.1. The Kier molecular flexibility index (Phi) is 5.80. The first kappa shape index (κ1) is 21.1. The fourth-order valence-corrected chi connectivity index (χ4v) is 3.88. The quantitative estimate of drug-likeness (QED) is 0.672. The average molecular weight is 426 g/mol. The molecule has 1 aliphatic heterocycles. The molecule has 4 rings (SSSR count). The van der Waals surface area contributed by atoms with E-state index in [-0.39, 0.29) is 29.7 Å². The number of fused-ring (bicyclic) bond motifs is 1. The van der Waals surface area contributed by atoms with Crippen molar-refractivity contribution in [3.8, 4) is 5.75 Å². The average Bonchev–Trinajstić information content (AvgIpc) is 3.10. The van der Waals surface area contributed by atoms with Gasteiger partial charge in [0.2, 0.25) is 0 Å². The molecule has 0 spiro atoms. The number of carbonyl (C=O) groups is 1. The summed E-state index contributed by atoms with van der Waals surface area (Å²) in [6.07, 6.45) is 7.04. The molecule has 1 N–H and O–H groups in total. The van der Waals surface area contributed by atoms with Crippen LogP contribution in [0.1, 0.15) is 45.2 Å². The highest BCUT2D eigenvalue weighted by atomic mass is 19.1. The van der Waals surface area contributed by atoms with E-state index in [1.165, 1.54) is 12.1 Å². The maximum Gasteiger partial charge on any atom is 0.260 e. The van der Waals surface area contributed by atoms with Crippen molar-refractivity contribution >= 4 is 17.4 Å². The highest BCUT2D eigenvalue weighted by Crippen LogP contribution is 2.34. The minimum Gasteiger partial charge on any atom is -0.481 e. The molecular formula is C23H28FN5O2. The standard InChI is InChI=1S/C23H28FN5O2/c1-23(2,3)27-22-21(26-19-14-25-10-13-29(19)22)16-8-11-28(12-9-16)20(30)15-31-18-7-5-4-6-17(18)24/h4-7,10,13-14,16,27H,8-9,11-12,15H2,1-3H3.